The fourth-order valence-corrected chi connectivity index (χ4v) is 5.12. The molecule has 7 heteroatoms. The zero-order valence-corrected chi connectivity index (χ0v) is 14.8. The first-order chi connectivity index (χ1) is 12.0. The first-order valence-electron chi connectivity index (χ1n) is 8.88. The molecule has 1 aliphatic carbocycles. The summed E-state index contributed by atoms with van der Waals surface area (Å²) >= 11 is 1.41. The second-order valence-electron chi connectivity index (χ2n) is 7.42. The van der Waals surface area contributed by atoms with E-state index in [2.05, 4.69) is 0 Å². The molecule has 6 nitrogen and oxygen atoms in total. The third-order valence-corrected chi connectivity index (χ3v) is 6.95. The topological polar surface area (TPSA) is 77.9 Å². The van der Waals surface area contributed by atoms with Crippen molar-refractivity contribution in [3.63, 3.8) is 0 Å². The second-order valence-corrected chi connectivity index (χ2v) is 8.36. The Hall–Kier alpha value is -1.89. The quantitative estimate of drug-likeness (QED) is 0.893. The highest BCUT2D eigenvalue weighted by molar-refractivity contribution is 7.12. The lowest BCUT2D eigenvalue weighted by molar-refractivity contribution is -0.140. The summed E-state index contributed by atoms with van der Waals surface area (Å²) in [5.74, 6) is -0.950. The maximum absolute atomic E-state index is 13.0. The number of thiophene rings is 1. The van der Waals surface area contributed by atoms with Crippen molar-refractivity contribution < 1.29 is 19.5 Å². The number of carboxylic acid groups (broad SMARTS) is 1. The third kappa shape index (κ3) is 2.84. The van der Waals surface area contributed by atoms with Crippen molar-refractivity contribution in [2.75, 3.05) is 19.6 Å². The van der Waals surface area contributed by atoms with Gasteiger partial charge in [-0.3, -0.25) is 14.4 Å². The number of aliphatic carboxylic acids is 1. The average Bonchev–Trinajstić information content (AvgIpc) is 3.05. The maximum Gasteiger partial charge on any atom is 0.307 e. The molecule has 1 saturated carbocycles. The minimum absolute atomic E-state index is 0.0322. The number of carbonyl (C=O) groups excluding carboxylic acids is 2. The first kappa shape index (κ1) is 16.6. The Bertz CT molecular complexity index is 694. The van der Waals surface area contributed by atoms with Gasteiger partial charge in [-0.25, -0.2) is 0 Å². The van der Waals surface area contributed by atoms with E-state index in [4.69, 9.17) is 0 Å². The van der Waals surface area contributed by atoms with Crippen LogP contribution in [-0.4, -0.2) is 58.4 Å². The lowest BCUT2D eigenvalue weighted by atomic mass is 9.90. The monoisotopic (exact) mass is 362 g/mol. The van der Waals surface area contributed by atoms with Gasteiger partial charge in [0.15, 0.2) is 0 Å². The molecule has 2 saturated heterocycles. The summed E-state index contributed by atoms with van der Waals surface area (Å²) in [7, 11) is 0. The molecule has 1 aromatic heterocycles. The van der Waals surface area contributed by atoms with Gasteiger partial charge in [0.2, 0.25) is 5.91 Å². The molecule has 1 N–H and O–H groups in total. The van der Waals surface area contributed by atoms with Gasteiger partial charge in [-0.05, 0) is 49.0 Å². The van der Waals surface area contributed by atoms with E-state index in [1.807, 2.05) is 16.3 Å². The summed E-state index contributed by atoms with van der Waals surface area (Å²) in [5.41, 5.74) is -0.0786. The van der Waals surface area contributed by atoms with Crippen LogP contribution in [0.2, 0.25) is 0 Å². The van der Waals surface area contributed by atoms with Crippen LogP contribution < -0.4 is 0 Å². The number of carboxylic acids is 1. The Balaban J connectivity index is 1.39. The summed E-state index contributed by atoms with van der Waals surface area (Å²) in [6, 6.07) is 3.29. The van der Waals surface area contributed by atoms with E-state index in [0.29, 0.717) is 24.5 Å². The van der Waals surface area contributed by atoms with Crippen LogP contribution in [0.25, 0.3) is 0 Å². The zero-order chi connectivity index (χ0) is 17.6. The van der Waals surface area contributed by atoms with E-state index in [1.165, 1.54) is 11.3 Å². The highest BCUT2D eigenvalue weighted by atomic mass is 32.1. The van der Waals surface area contributed by atoms with Crippen molar-refractivity contribution in [3.05, 3.63) is 22.4 Å². The van der Waals surface area contributed by atoms with E-state index in [-0.39, 0.29) is 29.2 Å². The van der Waals surface area contributed by atoms with Crippen LogP contribution in [0, 0.1) is 11.3 Å². The molecule has 0 bridgehead atoms. The molecule has 2 amide bonds. The molecule has 0 radical (unpaired) electrons. The molecule has 2 aliphatic heterocycles. The Kier molecular flexibility index (Phi) is 4.06. The van der Waals surface area contributed by atoms with E-state index >= 15 is 0 Å². The van der Waals surface area contributed by atoms with Gasteiger partial charge in [0.25, 0.3) is 5.91 Å². The Morgan fingerprint density at radius 2 is 1.96 bits per heavy atom. The third-order valence-electron chi connectivity index (χ3n) is 6.09. The van der Waals surface area contributed by atoms with Crippen LogP contribution in [-0.2, 0) is 9.59 Å². The van der Waals surface area contributed by atoms with Crippen molar-refractivity contribution in [2.45, 2.75) is 38.1 Å². The molecular formula is C18H22N2O4S. The molecule has 1 aromatic rings. The molecule has 3 heterocycles. The van der Waals surface area contributed by atoms with Gasteiger partial charge < -0.3 is 14.9 Å². The van der Waals surface area contributed by atoms with Gasteiger partial charge >= 0.3 is 5.97 Å². The number of hydrogen-bond acceptors (Lipinski definition) is 4. The van der Waals surface area contributed by atoms with E-state index in [9.17, 15) is 19.5 Å². The highest BCUT2D eigenvalue weighted by Crippen LogP contribution is 2.59. The van der Waals surface area contributed by atoms with Gasteiger partial charge in [-0.15, -0.1) is 11.3 Å². The predicted octanol–water partition coefficient (Wildman–Crippen LogP) is 2.07. The largest absolute Gasteiger partial charge is 0.481 e. The molecule has 3 aliphatic rings. The van der Waals surface area contributed by atoms with Gasteiger partial charge in [-0.1, -0.05) is 6.07 Å². The SMILES string of the molecule is O=C(O)C1CC12CCN(C(=O)C1CCCN1C(=O)c1cccs1)CC2. The minimum Gasteiger partial charge on any atom is -0.481 e. The Morgan fingerprint density at radius 3 is 2.56 bits per heavy atom. The molecule has 3 fully saturated rings. The second kappa shape index (κ2) is 6.12. The molecule has 1 spiro atoms. The van der Waals surface area contributed by atoms with Crippen LogP contribution in [0.15, 0.2) is 17.5 Å². The number of piperidine rings is 1. The van der Waals surface area contributed by atoms with Gasteiger partial charge in [0.1, 0.15) is 6.04 Å². The number of hydrogen-bond donors (Lipinski definition) is 1. The van der Waals surface area contributed by atoms with Crippen molar-refractivity contribution >= 4 is 29.1 Å². The number of carbonyl (C=O) groups is 3. The summed E-state index contributed by atoms with van der Waals surface area (Å²) in [6.45, 7) is 1.85. The molecule has 0 aromatic carbocycles. The fourth-order valence-electron chi connectivity index (χ4n) is 4.44. The van der Waals surface area contributed by atoms with E-state index < -0.39 is 5.97 Å². The summed E-state index contributed by atoms with van der Waals surface area (Å²) < 4.78 is 0. The molecule has 2 atom stereocenters. The van der Waals surface area contributed by atoms with Crippen molar-refractivity contribution in [3.8, 4) is 0 Å². The van der Waals surface area contributed by atoms with Gasteiger partial charge in [0.05, 0.1) is 10.8 Å². The normalized spacial score (nSPS) is 27.5. The van der Waals surface area contributed by atoms with Crippen molar-refractivity contribution in [2.24, 2.45) is 11.3 Å². The van der Waals surface area contributed by atoms with E-state index in [1.54, 1.807) is 11.0 Å². The Labute approximate surface area is 150 Å². The summed E-state index contributed by atoms with van der Waals surface area (Å²) in [4.78, 5) is 41.0. The molecule has 134 valence electrons. The van der Waals surface area contributed by atoms with Gasteiger partial charge in [0, 0.05) is 19.6 Å². The maximum atomic E-state index is 13.0. The summed E-state index contributed by atoms with van der Waals surface area (Å²) in [6.07, 6.45) is 3.85. The smallest absolute Gasteiger partial charge is 0.307 e. The number of amides is 2. The van der Waals surface area contributed by atoms with Crippen LogP contribution in [0.4, 0.5) is 0 Å². The molecular weight excluding hydrogens is 340 g/mol. The minimum atomic E-state index is -0.705. The van der Waals surface area contributed by atoms with E-state index in [0.717, 1.165) is 32.1 Å². The van der Waals surface area contributed by atoms with Crippen LogP contribution in [0.1, 0.15) is 41.8 Å². The number of likely N-dealkylation sites (tertiary alicyclic amines) is 2. The van der Waals surface area contributed by atoms with Crippen molar-refractivity contribution in [1.82, 2.24) is 9.80 Å². The molecule has 2 unspecified atom stereocenters. The van der Waals surface area contributed by atoms with Crippen LogP contribution in [0.3, 0.4) is 0 Å². The predicted molar refractivity (Wildman–Crippen MR) is 92.4 cm³/mol. The van der Waals surface area contributed by atoms with Gasteiger partial charge in [-0.2, -0.15) is 0 Å². The first-order valence-corrected chi connectivity index (χ1v) is 9.76. The van der Waals surface area contributed by atoms with Crippen LogP contribution in [0.5, 0.6) is 0 Å². The Morgan fingerprint density at radius 1 is 1.20 bits per heavy atom. The zero-order valence-electron chi connectivity index (χ0n) is 14.0. The molecule has 4 rings (SSSR count). The fraction of sp³-hybridized carbons (Fsp3) is 0.611. The molecule has 25 heavy (non-hydrogen) atoms. The highest BCUT2D eigenvalue weighted by Gasteiger charge is 2.59. The summed E-state index contributed by atoms with van der Waals surface area (Å²) in [5, 5.41) is 11.1. The standard InChI is InChI=1S/C18H22N2O4S/c21-15(19-8-5-18(6-9-19)11-12(18)17(23)24)13-3-1-7-20(13)16(22)14-4-2-10-25-14/h2,4,10,12-13H,1,3,5-9,11H2,(H,23,24). The number of rotatable bonds is 3. The lowest BCUT2D eigenvalue weighted by Crippen LogP contribution is -2.50. The lowest BCUT2D eigenvalue weighted by Gasteiger charge is -2.36. The van der Waals surface area contributed by atoms with Crippen molar-refractivity contribution in [1.29, 1.82) is 0 Å². The number of nitrogens with zero attached hydrogens (tertiary/aromatic N) is 2. The average molecular weight is 362 g/mol. The van der Waals surface area contributed by atoms with Crippen LogP contribution >= 0.6 is 11.3 Å².